The van der Waals surface area contributed by atoms with Crippen molar-refractivity contribution in [3.63, 3.8) is 0 Å². The van der Waals surface area contributed by atoms with Crippen LogP contribution in [0.5, 0.6) is 5.75 Å². The summed E-state index contributed by atoms with van der Waals surface area (Å²) in [6.07, 6.45) is -3.87. The van der Waals surface area contributed by atoms with Crippen LogP contribution in [0.2, 0.25) is 0 Å². The van der Waals surface area contributed by atoms with E-state index in [0.717, 1.165) is 12.1 Å². The van der Waals surface area contributed by atoms with Gasteiger partial charge in [0.15, 0.2) is 6.61 Å². The van der Waals surface area contributed by atoms with Gasteiger partial charge in [-0.3, -0.25) is 4.79 Å². The molecule has 3 rings (SSSR count). The third kappa shape index (κ3) is 5.19. The number of ether oxygens (including phenoxy) is 1. The maximum Gasteiger partial charge on any atom is 0.416 e. The number of carbonyl (C=O) groups excluding carboxylic acids is 1. The molecule has 0 aromatic heterocycles. The Morgan fingerprint density at radius 3 is 2.68 bits per heavy atom. The summed E-state index contributed by atoms with van der Waals surface area (Å²) in [4.78, 5) is 14.0. The molecular weight excluding hydrogens is 394 g/mol. The number of hydrogen-bond acceptors (Lipinski definition) is 3. The van der Waals surface area contributed by atoms with Gasteiger partial charge in [-0.15, -0.1) is 0 Å². The van der Waals surface area contributed by atoms with Crippen molar-refractivity contribution in [2.75, 3.05) is 25.4 Å². The van der Waals surface area contributed by atoms with E-state index in [1.807, 2.05) is 0 Å². The van der Waals surface area contributed by atoms with Crippen LogP contribution in [-0.2, 0) is 11.0 Å². The van der Waals surface area contributed by atoms with Gasteiger partial charge in [0.1, 0.15) is 11.6 Å². The fourth-order valence-electron chi connectivity index (χ4n) is 3.00. The van der Waals surface area contributed by atoms with E-state index in [0.29, 0.717) is 30.8 Å². The molecule has 2 aromatic rings. The highest BCUT2D eigenvalue weighted by Crippen LogP contribution is 2.35. The van der Waals surface area contributed by atoms with Crippen molar-refractivity contribution in [2.24, 2.45) is 0 Å². The average molecular weight is 413 g/mol. The Bertz CT molecular complexity index is 828. The van der Waals surface area contributed by atoms with Crippen molar-refractivity contribution in [1.82, 2.24) is 4.90 Å². The van der Waals surface area contributed by atoms with E-state index in [1.165, 1.54) is 18.2 Å². The van der Waals surface area contributed by atoms with E-state index in [-0.39, 0.29) is 29.3 Å². The molecule has 150 valence electrons. The van der Waals surface area contributed by atoms with E-state index in [9.17, 15) is 22.4 Å². The summed E-state index contributed by atoms with van der Waals surface area (Å²) < 4.78 is 57.5. The lowest BCUT2D eigenvalue weighted by molar-refractivity contribution is -0.137. The topological polar surface area (TPSA) is 29.5 Å². The number of hydrogen-bond donors (Lipinski definition) is 0. The Kier molecular flexibility index (Phi) is 6.49. The van der Waals surface area contributed by atoms with Gasteiger partial charge in [-0.2, -0.15) is 24.9 Å². The SMILES string of the molecule is O=C(COc1cccc(C(F)(F)F)c1)N1CCSC(c2ccccc2F)CC1. The summed E-state index contributed by atoms with van der Waals surface area (Å²) in [6.45, 7) is 0.591. The molecule has 8 heteroatoms. The summed E-state index contributed by atoms with van der Waals surface area (Å²) in [7, 11) is 0. The largest absolute Gasteiger partial charge is 0.484 e. The number of halogens is 4. The first kappa shape index (κ1) is 20.5. The van der Waals surface area contributed by atoms with Crippen LogP contribution in [0.25, 0.3) is 0 Å². The lowest BCUT2D eigenvalue weighted by atomic mass is 10.1. The molecular formula is C20H19F4NO2S. The van der Waals surface area contributed by atoms with Gasteiger partial charge in [-0.25, -0.2) is 4.39 Å². The summed E-state index contributed by atoms with van der Waals surface area (Å²) in [5.74, 6) is 0.0883. The highest BCUT2D eigenvalue weighted by molar-refractivity contribution is 7.99. The first-order valence-corrected chi connectivity index (χ1v) is 9.83. The van der Waals surface area contributed by atoms with Crippen LogP contribution in [0.15, 0.2) is 48.5 Å². The van der Waals surface area contributed by atoms with Crippen molar-refractivity contribution < 1.29 is 27.1 Å². The summed E-state index contributed by atoms with van der Waals surface area (Å²) in [6, 6.07) is 11.0. The highest BCUT2D eigenvalue weighted by Gasteiger charge is 2.30. The minimum Gasteiger partial charge on any atom is -0.484 e. The van der Waals surface area contributed by atoms with Gasteiger partial charge < -0.3 is 9.64 Å². The van der Waals surface area contributed by atoms with Crippen molar-refractivity contribution in [3.05, 3.63) is 65.5 Å². The molecule has 1 atom stereocenters. The van der Waals surface area contributed by atoms with Gasteiger partial charge in [0, 0.05) is 29.7 Å². The molecule has 1 aliphatic heterocycles. The molecule has 0 radical (unpaired) electrons. The molecule has 1 heterocycles. The summed E-state index contributed by atoms with van der Waals surface area (Å²) in [5.41, 5.74) is -0.196. The number of benzene rings is 2. The number of carbonyl (C=O) groups is 1. The van der Waals surface area contributed by atoms with Crippen LogP contribution in [0.3, 0.4) is 0 Å². The molecule has 3 nitrogen and oxygen atoms in total. The van der Waals surface area contributed by atoms with Gasteiger partial charge >= 0.3 is 6.18 Å². The van der Waals surface area contributed by atoms with Gasteiger partial charge in [0.25, 0.3) is 5.91 Å². The van der Waals surface area contributed by atoms with Crippen molar-refractivity contribution >= 4 is 17.7 Å². The minimum absolute atomic E-state index is 0.00314. The summed E-state index contributed by atoms with van der Waals surface area (Å²) >= 11 is 1.59. The predicted octanol–water partition coefficient (Wildman–Crippen LogP) is 4.93. The Morgan fingerprint density at radius 1 is 1.14 bits per heavy atom. The number of nitrogens with zero attached hydrogens (tertiary/aromatic N) is 1. The Labute approximate surface area is 164 Å². The van der Waals surface area contributed by atoms with E-state index in [4.69, 9.17) is 4.74 Å². The monoisotopic (exact) mass is 413 g/mol. The molecule has 1 fully saturated rings. The molecule has 0 saturated carbocycles. The standard InChI is InChI=1S/C20H19F4NO2S/c21-17-7-2-1-6-16(17)18-8-9-25(10-11-28-18)19(26)13-27-15-5-3-4-14(12-15)20(22,23)24/h1-7,12,18H,8-11,13H2. The van der Waals surface area contributed by atoms with Gasteiger partial charge in [0.05, 0.1) is 5.56 Å². The summed E-state index contributed by atoms with van der Waals surface area (Å²) in [5, 5.41) is -0.0385. The first-order chi connectivity index (χ1) is 13.3. The second-order valence-electron chi connectivity index (χ2n) is 6.36. The maximum absolute atomic E-state index is 14.0. The highest BCUT2D eigenvalue weighted by atomic mass is 32.2. The quantitative estimate of drug-likeness (QED) is 0.666. The van der Waals surface area contributed by atoms with Gasteiger partial charge in [-0.05, 0) is 30.7 Å². The van der Waals surface area contributed by atoms with Gasteiger partial charge in [-0.1, -0.05) is 24.3 Å². The molecule has 1 amide bonds. The zero-order valence-corrected chi connectivity index (χ0v) is 15.7. The average Bonchev–Trinajstić information content (AvgIpc) is 2.92. The number of thioether (sulfide) groups is 1. The van der Waals surface area contributed by atoms with E-state index >= 15 is 0 Å². The normalized spacial score (nSPS) is 17.9. The zero-order chi connectivity index (χ0) is 20.1. The smallest absolute Gasteiger partial charge is 0.416 e. The molecule has 1 aliphatic rings. The Hall–Kier alpha value is -2.22. The molecule has 1 saturated heterocycles. The predicted molar refractivity (Wildman–Crippen MR) is 99.7 cm³/mol. The fraction of sp³-hybridized carbons (Fsp3) is 0.350. The molecule has 2 aromatic carbocycles. The second kappa shape index (κ2) is 8.86. The molecule has 0 spiro atoms. The number of rotatable bonds is 4. The molecule has 0 bridgehead atoms. The molecule has 28 heavy (non-hydrogen) atoms. The molecule has 0 aliphatic carbocycles. The van der Waals surface area contributed by atoms with E-state index in [2.05, 4.69) is 0 Å². The number of amides is 1. The van der Waals surface area contributed by atoms with Crippen molar-refractivity contribution in [2.45, 2.75) is 17.8 Å². The van der Waals surface area contributed by atoms with Crippen LogP contribution >= 0.6 is 11.8 Å². The first-order valence-electron chi connectivity index (χ1n) is 8.78. The fourth-order valence-corrected chi connectivity index (χ4v) is 4.26. The van der Waals surface area contributed by atoms with Crippen LogP contribution < -0.4 is 4.74 Å². The van der Waals surface area contributed by atoms with Crippen LogP contribution in [0, 0.1) is 5.82 Å². The van der Waals surface area contributed by atoms with Gasteiger partial charge in [0.2, 0.25) is 0 Å². The Morgan fingerprint density at radius 2 is 1.93 bits per heavy atom. The van der Waals surface area contributed by atoms with Crippen LogP contribution in [0.1, 0.15) is 22.8 Å². The lowest BCUT2D eigenvalue weighted by Crippen LogP contribution is -2.36. The lowest BCUT2D eigenvalue weighted by Gasteiger charge is -2.20. The Balaban J connectivity index is 1.56. The zero-order valence-electron chi connectivity index (χ0n) is 14.9. The van der Waals surface area contributed by atoms with E-state index in [1.54, 1.807) is 34.9 Å². The number of alkyl halides is 3. The van der Waals surface area contributed by atoms with E-state index < -0.39 is 11.7 Å². The van der Waals surface area contributed by atoms with Crippen LogP contribution in [0.4, 0.5) is 17.6 Å². The third-order valence-corrected chi connectivity index (χ3v) is 5.78. The van der Waals surface area contributed by atoms with Crippen LogP contribution in [-0.4, -0.2) is 36.3 Å². The van der Waals surface area contributed by atoms with Crippen molar-refractivity contribution in [3.8, 4) is 5.75 Å². The molecule has 1 unspecified atom stereocenters. The molecule has 0 N–H and O–H groups in total. The minimum atomic E-state index is -4.47. The van der Waals surface area contributed by atoms with Crippen molar-refractivity contribution in [1.29, 1.82) is 0 Å². The second-order valence-corrected chi connectivity index (χ2v) is 7.68. The maximum atomic E-state index is 14.0. The third-order valence-electron chi connectivity index (χ3n) is 4.47.